The molecule has 0 radical (unpaired) electrons. The summed E-state index contributed by atoms with van der Waals surface area (Å²) < 4.78 is 39.4. The summed E-state index contributed by atoms with van der Waals surface area (Å²) in [7, 11) is 0. The Hall–Kier alpha value is -2.98. The van der Waals surface area contributed by atoms with Crippen LogP contribution >= 0.6 is 0 Å². The lowest BCUT2D eigenvalue weighted by atomic mass is 10.3. The highest BCUT2D eigenvalue weighted by Crippen LogP contribution is 2.31. The maximum atomic E-state index is 13.1. The standard InChI is InChI=1S/C15H15F3N8/c16-15(17,18)14-22-12-11(19-9-20-12)13(23-14)26-6-2-5-25(7-8-26)10-3-1-4-21-24-10/h1,3-4,9H,2,5-8H2,(H,19,20,22,23). The highest BCUT2D eigenvalue weighted by Gasteiger charge is 2.36. The van der Waals surface area contributed by atoms with Gasteiger partial charge < -0.3 is 14.8 Å². The molecule has 0 bridgehead atoms. The molecule has 0 atom stereocenters. The van der Waals surface area contributed by atoms with E-state index >= 15 is 0 Å². The van der Waals surface area contributed by atoms with Gasteiger partial charge in [0.25, 0.3) is 0 Å². The van der Waals surface area contributed by atoms with E-state index in [4.69, 9.17) is 0 Å². The number of halogens is 3. The lowest BCUT2D eigenvalue weighted by Crippen LogP contribution is -2.32. The van der Waals surface area contributed by atoms with Gasteiger partial charge in [-0.15, -0.1) is 5.10 Å². The van der Waals surface area contributed by atoms with Crippen LogP contribution < -0.4 is 9.80 Å². The first kappa shape index (κ1) is 16.5. The van der Waals surface area contributed by atoms with E-state index in [-0.39, 0.29) is 11.5 Å². The molecular weight excluding hydrogens is 349 g/mol. The highest BCUT2D eigenvalue weighted by molar-refractivity contribution is 5.83. The largest absolute Gasteiger partial charge is 0.451 e. The van der Waals surface area contributed by atoms with Gasteiger partial charge in [-0.25, -0.2) is 15.0 Å². The topological polar surface area (TPSA) is 86.7 Å². The second-order valence-corrected chi connectivity index (χ2v) is 5.88. The predicted octanol–water partition coefficient (Wildman–Crippen LogP) is 1.88. The molecule has 0 aliphatic carbocycles. The van der Waals surface area contributed by atoms with E-state index in [9.17, 15) is 13.2 Å². The zero-order valence-electron chi connectivity index (χ0n) is 13.6. The molecule has 1 fully saturated rings. The van der Waals surface area contributed by atoms with Crippen LogP contribution in [0.25, 0.3) is 11.2 Å². The third-order valence-electron chi connectivity index (χ3n) is 4.20. The smallest absolute Gasteiger partial charge is 0.353 e. The van der Waals surface area contributed by atoms with Crippen LogP contribution in [0.5, 0.6) is 0 Å². The van der Waals surface area contributed by atoms with Crippen molar-refractivity contribution in [1.29, 1.82) is 0 Å². The summed E-state index contributed by atoms with van der Waals surface area (Å²) in [6, 6.07) is 3.67. The second-order valence-electron chi connectivity index (χ2n) is 5.88. The summed E-state index contributed by atoms with van der Waals surface area (Å²) in [5.74, 6) is -0.206. The van der Waals surface area contributed by atoms with Gasteiger partial charge in [0, 0.05) is 32.4 Å². The van der Waals surface area contributed by atoms with Gasteiger partial charge in [0.05, 0.1) is 6.33 Å². The summed E-state index contributed by atoms with van der Waals surface area (Å²) in [6.07, 6.45) is -0.953. The Morgan fingerprint density at radius 2 is 1.85 bits per heavy atom. The van der Waals surface area contributed by atoms with Crippen LogP contribution in [-0.4, -0.2) is 56.3 Å². The molecule has 1 N–H and O–H groups in total. The molecular formula is C15H15F3N8. The fourth-order valence-electron chi connectivity index (χ4n) is 2.99. The number of H-pyrrole nitrogens is 1. The van der Waals surface area contributed by atoms with Crippen molar-refractivity contribution in [3.63, 3.8) is 0 Å². The van der Waals surface area contributed by atoms with E-state index in [1.165, 1.54) is 6.33 Å². The molecule has 1 saturated heterocycles. The number of nitrogens with zero attached hydrogens (tertiary/aromatic N) is 7. The first-order valence-corrected chi connectivity index (χ1v) is 8.08. The minimum absolute atomic E-state index is 0.0114. The fraction of sp³-hybridized carbons (Fsp3) is 0.400. The van der Waals surface area contributed by atoms with E-state index < -0.39 is 12.0 Å². The number of aromatic amines is 1. The zero-order chi connectivity index (χ0) is 18.1. The van der Waals surface area contributed by atoms with Gasteiger partial charge in [-0.3, -0.25) is 0 Å². The van der Waals surface area contributed by atoms with Crippen molar-refractivity contribution in [1.82, 2.24) is 30.1 Å². The maximum absolute atomic E-state index is 13.1. The van der Waals surface area contributed by atoms with Crippen molar-refractivity contribution in [3.05, 3.63) is 30.5 Å². The molecule has 136 valence electrons. The monoisotopic (exact) mass is 364 g/mol. The number of hydrogen-bond acceptors (Lipinski definition) is 7. The Morgan fingerprint density at radius 1 is 1.04 bits per heavy atom. The van der Waals surface area contributed by atoms with Gasteiger partial charge in [-0.1, -0.05) is 0 Å². The Balaban J connectivity index is 1.64. The van der Waals surface area contributed by atoms with Crippen molar-refractivity contribution in [3.8, 4) is 0 Å². The van der Waals surface area contributed by atoms with Gasteiger partial charge in [0.1, 0.15) is 5.52 Å². The first-order chi connectivity index (χ1) is 12.5. The molecule has 1 aliphatic rings. The number of alkyl halides is 3. The van der Waals surface area contributed by atoms with E-state index in [1.807, 2.05) is 11.0 Å². The molecule has 0 unspecified atom stereocenters. The average Bonchev–Trinajstić information content (AvgIpc) is 2.97. The summed E-state index contributed by atoms with van der Waals surface area (Å²) in [5.41, 5.74) is 0.420. The van der Waals surface area contributed by atoms with Crippen LogP contribution in [0.15, 0.2) is 24.7 Å². The average molecular weight is 364 g/mol. The maximum Gasteiger partial charge on any atom is 0.451 e. The molecule has 3 aromatic rings. The highest BCUT2D eigenvalue weighted by atomic mass is 19.4. The van der Waals surface area contributed by atoms with Crippen LogP contribution in [0.2, 0.25) is 0 Å². The van der Waals surface area contributed by atoms with Crippen LogP contribution in [-0.2, 0) is 6.18 Å². The van der Waals surface area contributed by atoms with Gasteiger partial charge in [0.15, 0.2) is 17.3 Å². The molecule has 0 spiro atoms. The van der Waals surface area contributed by atoms with Crippen molar-refractivity contribution in [2.24, 2.45) is 0 Å². The van der Waals surface area contributed by atoms with Crippen LogP contribution in [0.4, 0.5) is 24.8 Å². The van der Waals surface area contributed by atoms with Crippen LogP contribution in [0, 0.1) is 0 Å². The Bertz CT molecular complexity index is 895. The van der Waals surface area contributed by atoms with Crippen molar-refractivity contribution in [2.45, 2.75) is 12.6 Å². The van der Waals surface area contributed by atoms with Crippen molar-refractivity contribution < 1.29 is 13.2 Å². The number of anilines is 2. The quantitative estimate of drug-likeness (QED) is 0.743. The molecule has 0 aromatic carbocycles. The van der Waals surface area contributed by atoms with E-state index in [0.717, 1.165) is 18.8 Å². The van der Waals surface area contributed by atoms with E-state index in [1.54, 1.807) is 12.3 Å². The van der Waals surface area contributed by atoms with Crippen molar-refractivity contribution >= 4 is 22.8 Å². The number of nitrogens with one attached hydrogen (secondary N) is 1. The second kappa shape index (κ2) is 6.39. The summed E-state index contributed by atoms with van der Waals surface area (Å²) >= 11 is 0. The minimum atomic E-state index is -4.63. The molecule has 0 saturated carbocycles. The molecule has 26 heavy (non-hydrogen) atoms. The minimum Gasteiger partial charge on any atom is -0.353 e. The van der Waals surface area contributed by atoms with Gasteiger partial charge >= 0.3 is 6.18 Å². The normalized spacial score (nSPS) is 16.1. The molecule has 3 aromatic heterocycles. The number of imidazole rings is 1. The Labute approximate surface area is 146 Å². The molecule has 8 nitrogen and oxygen atoms in total. The molecule has 4 heterocycles. The number of fused-ring (bicyclic) bond motifs is 1. The van der Waals surface area contributed by atoms with Crippen LogP contribution in [0.1, 0.15) is 12.2 Å². The number of rotatable bonds is 2. The number of hydrogen-bond donors (Lipinski definition) is 1. The predicted molar refractivity (Wildman–Crippen MR) is 87.8 cm³/mol. The van der Waals surface area contributed by atoms with E-state index in [2.05, 4.69) is 35.0 Å². The number of aromatic nitrogens is 6. The molecule has 11 heteroatoms. The van der Waals surface area contributed by atoms with Crippen molar-refractivity contribution in [2.75, 3.05) is 36.0 Å². The van der Waals surface area contributed by atoms with Gasteiger partial charge in [-0.2, -0.15) is 18.3 Å². The molecule has 1 aliphatic heterocycles. The SMILES string of the molecule is FC(F)(F)c1nc(N2CCCN(c3cccnn3)CC2)c2[nH]cnc2n1. The van der Waals surface area contributed by atoms with Gasteiger partial charge in [-0.05, 0) is 18.6 Å². The third-order valence-corrected chi connectivity index (χ3v) is 4.20. The lowest BCUT2D eigenvalue weighted by molar-refractivity contribution is -0.144. The zero-order valence-corrected chi connectivity index (χ0v) is 13.6. The van der Waals surface area contributed by atoms with Gasteiger partial charge in [0.2, 0.25) is 5.82 Å². The summed E-state index contributed by atoms with van der Waals surface area (Å²) in [6.45, 7) is 2.40. The first-order valence-electron chi connectivity index (χ1n) is 8.08. The van der Waals surface area contributed by atoms with Crippen LogP contribution in [0.3, 0.4) is 0 Å². The summed E-state index contributed by atoms with van der Waals surface area (Å²) in [4.78, 5) is 17.9. The third kappa shape index (κ3) is 3.11. The molecule has 4 rings (SSSR count). The lowest BCUT2D eigenvalue weighted by Gasteiger charge is -2.23. The Morgan fingerprint density at radius 3 is 2.62 bits per heavy atom. The summed E-state index contributed by atoms with van der Waals surface area (Å²) in [5, 5.41) is 7.97. The Kier molecular flexibility index (Phi) is 4.05. The van der Waals surface area contributed by atoms with E-state index in [0.29, 0.717) is 25.2 Å². The fourth-order valence-corrected chi connectivity index (χ4v) is 2.99. The molecule has 0 amide bonds.